The van der Waals surface area contributed by atoms with Crippen LogP contribution in [0.1, 0.15) is 32.1 Å². The van der Waals surface area contributed by atoms with Crippen molar-refractivity contribution in [2.24, 2.45) is 5.92 Å². The molecule has 8 nitrogen and oxygen atoms in total. The zero-order valence-electron chi connectivity index (χ0n) is 17.5. The molecule has 2 aromatic carbocycles. The topological polar surface area (TPSA) is 102 Å². The van der Waals surface area contributed by atoms with Crippen molar-refractivity contribution in [3.05, 3.63) is 36.4 Å². The number of nitrogens with zero attached hydrogens (tertiary/aromatic N) is 1. The predicted molar refractivity (Wildman–Crippen MR) is 125 cm³/mol. The number of nitrogens with one attached hydrogen (secondary N) is 3. The van der Waals surface area contributed by atoms with Crippen LogP contribution in [-0.4, -0.2) is 30.1 Å². The number of thiazole rings is 1. The van der Waals surface area contributed by atoms with Crippen LogP contribution in [0.2, 0.25) is 0 Å². The van der Waals surface area contributed by atoms with Crippen molar-refractivity contribution in [2.75, 3.05) is 29.2 Å². The minimum atomic E-state index is -0.373. The van der Waals surface area contributed by atoms with Crippen LogP contribution in [0.25, 0.3) is 10.2 Å². The molecule has 3 N–H and O–H groups in total. The Morgan fingerprint density at radius 3 is 2.41 bits per heavy atom. The molecule has 166 valence electrons. The molecule has 0 atom stereocenters. The lowest BCUT2D eigenvalue weighted by Gasteiger charge is -2.19. The fraction of sp³-hybridized carbons (Fsp3) is 0.348. The Bertz CT molecular complexity index is 1160. The zero-order valence-corrected chi connectivity index (χ0v) is 18.3. The third-order valence-electron chi connectivity index (χ3n) is 5.65. The van der Waals surface area contributed by atoms with Crippen molar-refractivity contribution in [3.63, 3.8) is 0 Å². The summed E-state index contributed by atoms with van der Waals surface area (Å²) >= 11 is 1.44. The number of benzene rings is 2. The van der Waals surface area contributed by atoms with Gasteiger partial charge in [-0.15, -0.1) is 0 Å². The maximum absolute atomic E-state index is 12.5. The Hall–Kier alpha value is -3.33. The van der Waals surface area contributed by atoms with E-state index in [0.29, 0.717) is 41.2 Å². The number of aromatic nitrogens is 1. The van der Waals surface area contributed by atoms with E-state index in [1.807, 2.05) is 12.1 Å². The molecular formula is C23H24N4O4S. The molecule has 1 aliphatic heterocycles. The van der Waals surface area contributed by atoms with Crippen LogP contribution in [0.5, 0.6) is 11.5 Å². The first-order chi connectivity index (χ1) is 15.6. The molecule has 1 saturated carbocycles. The van der Waals surface area contributed by atoms with Crippen molar-refractivity contribution in [1.29, 1.82) is 0 Å². The zero-order chi connectivity index (χ0) is 21.9. The largest absolute Gasteiger partial charge is 0.486 e. The Morgan fingerprint density at radius 1 is 0.875 bits per heavy atom. The Kier molecular flexibility index (Phi) is 5.81. The predicted octanol–water partition coefficient (Wildman–Crippen LogP) is 5.23. The minimum absolute atomic E-state index is 0.0564. The number of urea groups is 1. The standard InChI is InChI=1S/C23H24N4O4S/c28-21(14-4-2-1-3-5-14)27-23-26-17-12-15(7-9-20(17)32-23)24-22(29)25-16-6-8-18-19(13-16)31-11-10-30-18/h6-9,12-14H,1-5,10-11H2,(H2,24,25,29)(H,26,27,28). The van der Waals surface area contributed by atoms with E-state index in [-0.39, 0.29) is 17.9 Å². The Morgan fingerprint density at radius 2 is 1.59 bits per heavy atom. The summed E-state index contributed by atoms with van der Waals surface area (Å²) in [6.45, 7) is 1.00. The molecule has 32 heavy (non-hydrogen) atoms. The number of anilines is 3. The molecular weight excluding hydrogens is 428 g/mol. The van der Waals surface area contributed by atoms with Crippen LogP contribution in [0.3, 0.4) is 0 Å². The molecule has 0 spiro atoms. The first kappa shape index (κ1) is 20.6. The summed E-state index contributed by atoms with van der Waals surface area (Å²) in [6.07, 6.45) is 5.33. The van der Waals surface area contributed by atoms with Crippen LogP contribution in [0.15, 0.2) is 36.4 Å². The summed E-state index contributed by atoms with van der Waals surface area (Å²) in [7, 11) is 0. The molecule has 1 aromatic heterocycles. The van der Waals surface area contributed by atoms with Gasteiger partial charge in [-0.25, -0.2) is 9.78 Å². The smallest absolute Gasteiger partial charge is 0.323 e. The third kappa shape index (κ3) is 4.62. The summed E-state index contributed by atoms with van der Waals surface area (Å²) in [5.41, 5.74) is 1.95. The molecule has 3 amide bonds. The fourth-order valence-corrected chi connectivity index (χ4v) is 4.89. The van der Waals surface area contributed by atoms with Gasteiger partial charge in [0.25, 0.3) is 0 Å². The van der Waals surface area contributed by atoms with Crippen molar-refractivity contribution >= 4 is 50.0 Å². The van der Waals surface area contributed by atoms with Gasteiger partial charge in [0.05, 0.1) is 10.2 Å². The maximum Gasteiger partial charge on any atom is 0.323 e. The lowest BCUT2D eigenvalue weighted by atomic mass is 9.89. The molecule has 3 aromatic rings. The van der Waals surface area contributed by atoms with Crippen molar-refractivity contribution in [1.82, 2.24) is 4.98 Å². The van der Waals surface area contributed by atoms with E-state index in [2.05, 4.69) is 20.9 Å². The fourth-order valence-electron chi connectivity index (χ4n) is 4.05. The second-order valence-electron chi connectivity index (χ2n) is 7.96. The minimum Gasteiger partial charge on any atom is -0.486 e. The molecule has 1 fully saturated rings. The van der Waals surface area contributed by atoms with Gasteiger partial charge < -0.3 is 25.4 Å². The lowest BCUT2D eigenvalue weighted by molar-refractivity contribution is -0.120. The van der Waals surface area contributed by atoms with Crippen molar-refractivity contribution in [2.45, 2.75) is 32.1 Å². The second kappa shape index (κ2) is 9.04. The van der Waals surface area contributed by atoms with Gasteiger partial charge in [-0.05, 0) is 43.2 Å². The number of amides is 3. The normalized spacial score (nSPS) is 15.9. The molecule has 0 radical (unpaired) electrons. The summed E-state index contributed by atoms with van der Waals surface area (Å²) in [5, 5.41) is 9.17. The van der Waals surface area contributed by atoms with Crippen LogP contribution >= 0.6 is 11.3 Å². The molecule has 2 heterocycles. The highest BCUT2D eigenvalue weighted by Crippen LogP contribution is 2.33. The Labute approximate surface area is 189 Å². The maximum atomic E-state index is 12.5. The molecule has 2 aliphatic rings. The van der Waals surface area contributed by atoms with Gasteiger partial charge in [0, 0.05) is 23.4 Å². The molecule has 9 heteroatoms. The molecule has 5 rings (SSSR count). The third-order valence-corrected chi connectivity index (χ3v) is 6.60. The van der Waals surface area contributed by atoms with Crippen LogP contribution < -0.4 is 25.4 Å². The van der Waals surface area contributed by atoms with Gasteiger partial charge in [-0.2, -0.15) is 0 Å². The summed E-state index contributed by atoms with van der Waals surface area (Å²) < 4.78 is 12.0. The number of carbonyl (C=O) groups is 2. The van der Waals surface area contributed by atoms with Crippen LogP contribution in [-0.2, 0) is 4.79 Å². The first-order valence-corrected chi connectivity index (χ1v) is 11.6. The van der Waals surface area contributed by atoms with Gasteiger partial charge in [0.15, 0.2) is 16.6 Å². The monoisotopic (exact) mass is 452 g/mol. The van der Waals surface area contributed by atoms with E-state index in [9.17, 15) is 9.59 Å². The number of carbonyl (C=O) groups excluding carboxylic acids is 2. The van der Waals surface area contributed by atoms with Gasteiger partial charge in [0.2, 0.25) is 5.91 Å². The first-order valence-electron chi connectivity index (χ1n) is 10.8. The van der Waals surface area contributed by atoms with Crippen LogP contribution in [0, 0.1) is 5.92 Å². The Balaban J connectivity index is 1.22. The highest BCUT2D eigenvalue weighted by atomic mass is 32.1. The van der Waals surface area contributed by atoms with E-state index >= 15 is 0 Å². The van der Waals surface area contributed by atoms with E-state index in [1.54, 1.807) is 24.3 Å². The number of ether oxygens (including phenoxy) is 2. The van der Waals surface area contributed by atoms with Gasteiger partial charge >= 0.3 is 6.03 Å². The van der Waals surface area contributed by atoms with Gasteiger partial charge in [-0.1, -0.05) is 30.6 Å². The second-order valence-corrected chi connectivity index (χ2v) is 8.99. The SMILES string of the molecule is O=C(Nc1ccc2c(c1)OCCO2)Nc1ccc2sc(NC(=O)C3CCCCC3)nc2c1. The number of fused-ring (bicyclic) bond motifs is 2. The van der Waals surface area contributed by atoms with E-state index in [0.717, 1.165) is 35.9 Å². The van der Waals surface area contributed by atoms with E-state index in [4.69, 9.17) is 9.47 Å². The average molecular weight is 453 g/mol. The number of rotatable bonds is 4. The lowest BCUT2D eigenvalue weighted by Crippen LogP contribution is -2.24. The average Bonchev–Trinajstić information content (AvgIpc) is 3.21. The quantitative estimate of drug-likeness (QED) is 0.503. The van der Waals surface area contributed by atoms with Crippen LogP contribution in [0.4, 0.5) is 21.3 Å². The molecule has 0 saturated heterocycles. The molecule has 0 bridgehead atoms. The highest BCUT2D eigenvalue weighted by molar-refractivity contribution is 7.22. The van der Waals surface area contributed by atoms with Crippen molar-refractivity contribution < 1.29 is 19.1 Å². The molecule has 0 unspecified atom stereocenters. The van der Waals surface area contributed by atoms with E-state index in [1.165, 1.54) is 17.8 Å². The summed E-state index contributed by atoms with van der Waals surface area (Å²) in [4.78, 5) is 29.5. The summed E-state index contributed by atoms with van der Waals surface area (Å²) in [5.74, 6) is 1.42. The molecule has 1 aliphatic carbocycles. The number of hydrogen-bond donors (Lipinski definition) is 3. The number of hydrogen-bond acceptors (Lipinski definition) is 6. The van der Waals surface area contributed by atoms with Gasteiger partial charge in [0.1, 0.15) is 13.2 Å². The van der Waals surface area contributed by atoms with E-state index < -0.39 is 0 Å². The van der Waals surface area contributed by atoms with Crippen molar-refractivity contribution in [3.8, 4) is 11.5 Å². The highest BCUT2D eigenvalue weighted by Gasteiger charge is 2.22. The summed E-state index contributed by atoms with van der Waals surface area (Å²) in [6, 6.07) is 10.4. The van der Waals surface area contributed by atoms with Gasteiger partial charge in [-0.3, -0.25) is 4.79 Å².